The zero-order valence-corrected chi connectivity index (χ0v) is 14.6. The largest absolute Gasteiger partial charge is 0.456 e. The number of rotatable bonds is 3. The Morgan fingerprint density at radius 1 is 0.630 bits per heavy atom. The van der Waals surface area contributed by atoms with Crippen LogP contribution in [0.3, 0.4) is 0 Å². The molecule has 5 rings (SSSR count). The van der Waals surface area contributed by atoms with Crippen LogP contribution < -0.4 is 10.8 Å². The molecule has 0 unspecified atom stereocenters. The molecule has 126 valence electrons. The van der Waals surface area contributed by atoms with Crippen molar-refractivity contribution in [3.63, 3.8) is 0 Å². The molecule has 4 aromatic carbocycles. The monoisotopic (exact) mass is 345 g/mol. The molecule has 2 radical (unpaired) electrons. The van der Waals surface area contributed by atoms with Crippen LogP contribution in [0.2, 0.25) is 0 Å². The van der Waals surface area contributed by atoms with Gasteiger partial charge in [0.1, 0.15) is 19.0 Å². The van der Waals surface area contributed by atoms with Gasteiger partial charge in [-0.3, -0.25) is 0 Å². The molecule has 0 amide bonds. The van der Waals surface area contributed by atoms with Crippen molar-refractivity contribution < 1.29 is 4.42 Å². The van der Waals surface area contributed by atoms with E-state index < -0.39 is 0 Å². The molecule has 1 heterocycles. The van der Waals surface area contributed by atoms with E-state index in [4.69, 9.17) is 12.3 Å². The summed E-state index contributed by atoms with van der Waals surface area (Å²) in [6.45, 7) is 0. The van der Waals surface area contributed by atoms with Gasteiger partial charge in [0, 0.05) is 22.1 Å². The van der Waals surface area contributed by atoms with Crippen LogP contribution in [0.1, 0.15) is 0 Å². The smallest absolute Gasteiger partial charge is 0.135 e. The summed E-state index contributed by atoms with van der Waals surface area (Å²) < 4.78 is 5.90. The van der Waals surface area contributed by atoms with Crippen LogP contribution in [0.4, 0.5) is 11.4 Å². The van der Waals surface area contributed by atoms with Crippen molar-refractivity contribution in [1.29, 1.82) is 0 Å². The number of nitrogens with one attached hydrogen (secondary N) is 1. The van der Waals surface area contributed by atoms with Crippen LogP contribution in [0.5, 0.6) is 0 Å². The van der Waals surface area contributed by atoms with Crippen molar-refractivity contribution in [3.8, 4) is 11.1 Å². The normalized spacial score (nSPS) is 11.1. The van der Waals surface area contributed by atoms with Crippen LogP contribution >= 0.6 is 0 Å². The van der Waals surface area contributed by atoms with Crippen molar-refractivity contribution in [2.24, 2.45) is 0 Å². The minimum absolute atomic E-state index is 0.661. The first-order chi connectivity index (χ1) is 13.3. The zero-order chi connectivity index (χ0) is 18.2. The minimum Gasteiger partial charge on any atom is -0.456 e. The first-order valence-electron chi connectivity index (χ1n) is 8.91. The fourth-order valence-electron chi connectivity index (χ4n) is 3.43. The average Bonchev–Trinajstić information content (AvgIpc) is 3.07. The Morgan fingerprint density at radius 3 is 2.15 bits per heavy atom. The highest BCUT2D eigenvalue weighted by Gasteiger charge is 2.09. The van der Waals surface area contributed by atoms with Gasteiger partial charge in [0.15, 0.2) is 0 Å². The molecule has 0 fully saturated rings. The molecule has 27 heavy (non-hydrogen) atoms. The van der Waals surface area contributed by atoms with Gasteiger partial charge in [0.05, 0.1) is 0 Å². The van der Waals surface area contributed by atoms with E-state index in [-0.39, 0.29) is 0 Å². The van der Waals surface area contributed by atoms with Crippen LogP contribution in [0, 0.1) is 0 Å². The van der Waals surface area contributed by atoms with Crippen molar-refractivity contribution >= 4 is 46.6 Å². The van der Waals surface area contributed by atoms with Gasteiger partial charge in [0.25, 0.3) is 0 Å². The Kier molecular flexibility index (Phi) is 3.72. The van der Waals surface area contributed by atoms with Gasteiger partial charge < -0.3 is 9.73 Å². The fourth-order valence-corrected chi connectivity index (χ4v) is 3.43. The number of hydrogen-bond acceptors (Lipinski definition) is 2. The molecule has 5 aromatic rings. The number of fused-ring (bicyclic) bond motifs is 3. The van der Waals surface area contributed by atoms with Crippen molar-refractivity contribution in [1.82, 2.24) is 0 Å². The summed E-state index contributed by atoms with van der Waals surface area (Å²) in [5.74, 6) is 0. The van der Waals surface area contributed by atoms with Crippen LogP contribution in [0.15, 0.2) is 95.4 Å². The Hall–Kier alpha value is -3.46. The maximum absolute atomic E-state index is 6.25. The van der Waals surface area contributed by atoms with Crippen molar-refractivity contribution in [2.75, 3.05) is 5.32 Å². The summed E-state index contributed by atoms with van der Waals surface area (Å²) in [7, 11) is 6.25. The number of para-hydroxylation sites is 1. The van der Waals surface area contributed by atoms with E-state index in [2.05, 4.69) is 53.8 Å². The van der Waals surface area contributed by atoms with Gasteiger partial charge in [-0.1, -0.05) is 66.1 Å². The summed E-state index contributed by atoms with van der Waals surface area (Å²) in [6.07, 6.45) is 0. The first kappa shape index (κ1) is 15.8. The molecule has 0 saturated carbocycles. The number of hydrogen-bond donors (Lipinski definition) is 1. The van der Waals surface area contributed by atoms with Crippen LogP contribution in [-0.2, 0) is 0 Å². The lowest BCUT2D eigenvalue weighted by Gasteiger charge is -2.11. The SMILES string of the molecule is [B]c1cc2oc3ccccc3c2cc1Nc1ccc(-c2ccccc2)cc1. The van der Waals surface area contributed by atoms with Gasteiger partial charge in [-0.2, -0.15) is 0 Å². The Balaban J connectivity index is 1.50. The number of anilines is 2. The first-order valence-corrected chi connectivity index (χ1v) is 8.91. The second-order valence-electron chi connectivity index (χ2n) is 6.60. The molecule has 0 aliphatic carbocycles. The van der Waals surface area contributed by atoms with Crippen LogP contribution in [0.25, 0.3) is 33.1 Å². The molecule has 0 aliphatic rings. The lowest BCUT2D eigenvalue weighted by molar-refractivity contribution is 0.669. The quantitative estimate of drug-likeness (QED) is 0.419. The third kappa shape index (κ3) is 2.87. The molecule has 0 spiro atoms. The van der Waals surface area contributed by atoms with E-state index in [9.17, 15) is 0 Å². The van der Waals surface area contributed by atoms with Crippen molar-refractivity contribution in [2.45, 2.75) is 0 Å². The molecule has 1 aromatic heterocycles. The second-order valence-corrected chi connectivity index (χ2v) is 6.60. The molecular weight excluding hydrogens is 329 g/mol. The van der Waals surface area contributed by atoms with E-state index in [1.807, 2.05) is 42.5 Å². The molecule has 0 bridgehead atoms. The standard InChI is InChI=1S/C24H16BNO/c25-21-15-24-20(19-8-4-5-9-23(19)27-24)14-22(21)26-18-12-10-17(11-13-18)16-6-2-1-3-7-16/h1-15,26H. The molecular formula is C24H16BNO. The van der Waals surface area contributed by atoms with E-state index in [1.54, 1.807) is 0 Å². The van der Waals surface area contributed by atoms with Crippen LogP contribution in [-0.4, -0.2) is 7.85 Å². The third-order valence-corrected chi connectivity index (χ3v) is 4.82. The predicted molar refractivity (Wildman–Crippen MR) is 114 cm³/mol. The maximum Gasteiger partial charge on any atom is 0.135 e. The van der Waals surface area contributed by atoms with E-state index in [0.717, 1.165) is 33.3 Å². The van der Waals surface area contributed by atoms with E-state index in [0.29, 0.717) is 5.46 Å². The molecule has 1 N–H and O–H groups in total. The number of furan rings is 1. The zero-order valence-electron chi connectivity index (χ0n) is 14.6. The summed E-state index contributed by atoms with van der Waals surface area (Å²) in [4.78, 5) is 0. The highest BCUT2D eigenvalue weighted by Crippen LogP contribution is 2.30. The summed E-state index contributed by atoms with van der Waals surface area (Å²) in [5, 5.41) is 5.58. The molecule has 0 saturated heterocycles. The highest BCUT2D eigenvalue weighted by atomic mass is 16.3. The molecule has 0 aliphatic heterocycles. The lowest BCUT2D eigenvalue weighted by atomic mass is 9.92. The van der Waals surface area contributed by atoms with Gasteiger partial charge in [-0.05, 0) is 41.5 Å². The summed E-state index contributed by atoms with van der Waals surface area (Å²) >= 11 is 0. The second kappa shape index (κ2) is 6.37. The van der Waals surface area contributed by atoms with Gasteiger partial charge in [0.2, 0.25) is 0 Å². The molecule has 2 nitrogen and oxygen atoms in total. The van der Waals surface area contributed by atoms with Gasteiger partial charge in [-0.25, -0.2) is 0 Å². The third-order valence-electron chi connectivity index (χ3n) is 4.82. The Bertz CT molecular complexity index is 1240. The minimum atomic E-state index is 0.661. The summed E-state index contributed by atoms with van der Waals surface area (Å²) in [5.41, 5.74) is 6.60. The topological polar surface area (TPSA) is 25.2 Å². The highest BCUT2D eigenvalue weighted by molar-refractivity contribution is 6.37. The number of benzene rings is 4. The predicted octanol–water partition coefficient (Wildman–Crippen LogP) is 5.79. The molecule has 0 atom stereocenters. The van der Waals surface area contributed by atoms with E-state index >= 15 is 0 Å². The summed E-state index contributed by atoms with van der Waals surface area (Å²) in [6, 6.07) is 30.7. The lowest BCUT2D eigenvalue weighted by Crippen LogP contribution is -2.09. The average molecular weight is 345 g/mol. The Morgan fingerprint density at radius 2 is 1.33 bits per heavy atom. The Labute approximate surface area is 158 Å². The van der Waals surface area contributed by atoms with Gasteiger partial charge >= 0.3 is 0 Å². The fraction of sp³-hybridized carbons (Fsp3) is 0. The van der Waals surface area contributed by atoms with Crippen molar-refractivity contribution in [3.05, 3.63) is 91.0 Å². The molecule has 3 heteroatoms. The van der Waals surface area contributed by atoms with E-state index in [1.165, 1.54) is 11.1 Å². The maximum atomic E-state index is 6.25. The van der Waals surface area contributed by atoms with Gasteiger partial charge in [-0.15, -0.1) is 0 Å².